The first-order valence-corrected chi connectivity index (χ1v) is 10.9. The lowest BCUT2D eigenvalue weighted by Gasteiger charge is -2.11. The highest BCUT2D eigenvalue weighted by molar-refractivity contribution is 6.31. The number of nitrogens with one attached hydrogen (secondary N) is 1. The second kappa shape index (κ2) is 9.09. The molecule has 0 aliphatic heterocycles. The van der Waals surface area contributed by atoms with Crippen LogP contribution in [0.25, 0.3) is 16.9 Å². The Morgan fingerprint density at radius 1 is 1.09 bits per heavy atom. The minimum atomic E-state index is -4.68. The van der Waals surface area contributed by atoms with E-state index < -0.39 is 17.8 Å². The van der Waals surface area contributed by atoms with Crippen molar-refractivity contribution in [1.29, 1.82) is 0 Å². The topological polar surface area (TPSA) is 77.1 Å². The average molecular weight is 491 g/mol. The van der Waals surface area contributed by atoms with E-state index in [1.165, 1.54) is 6.07 Å². The first-order chi connectivity index (χ1) is 16.0. The van der Waals surface area contributed by atoms with Crippen molar-refractivity contribution in [2.45, 2.75) is 39.9 Å². The van der Waals surface area contributed by atoms with Crippen LogP contribution < -0.4 is 5.32 Å². The molecule has 4 aromatic rings. The zero-order valence-electron chi connectivity index (χ0n) is 18.7. The van der Waals surface area contributed by atoms with Crippen molar-refractivity contribution in [3.8, 4) is 11.3 Å². The van der Waals surface area contributed by atoms with E-state index in [0.29, 0.717) is 33.8 Å². The first kappa shape index (κ1) is 23.7. The Labute approximate surface area is 198 Å². The number of fused-ring (bicyclic) bond motifs is 1. The Morgan fingerprint density at radius 3 is 2.50 bits per heavy atom. The molecule has 3 aromatic heterocycles. The third kappa shape index (κ3) is 4.91. The summed E-state index contributed by atoms with van der Waals surface area (Å²) >= 11 is 5.97. The van der Waals surface area contributed by atoms with Crippen molar-refractivity contribution in [3.63, 3.8) is 0 Å². The molecular formula is C23H22ClF3N6O. The van der Waals surface area contributed by atoms with Crippen LogP contribution in [0, 0.1) is 20.8 Å². The van der Waals surface area contributed by atoms with Gasteiger partial charge in [-0.1, -0.05) is 23.7 Å². The number of amides is 1. The summed E-state index contributed by atoms with van der Waals surface area (Å²) in [5, 5.41) is 11.3. The lowest BCUT2D eigenvalue weighted by Crippen LogP contribution is -2.26. The number of hydrogen-bond donors (Lipinski definition) is 1. The molecule has 0 aliphatic carbocycles. The molecule has 0 fully saturated rings. The van der Waals surface area contributed by atoms with Gasteiger partial charge in [0.05, 0.1) is 16.4 Å². The van der Waals surface area contributed by atoms with Gasteiger partial charge in [-0.15, -0.1) is 0 Å². The maximum absolute atomic E-state index is 13.8. The number of alkyl halides is 3. The molecule has 0 saturated heterocycles. The van der Waals surface area contributed by atoms with Gasteiger partial charge < -0.3 is 5.32 Å². The fraction of sp³-hybridized carbons (Fsp3) is 0.304. The third-order valence-electron chi connectivity index (χ3n) is 5.49. The summed E-state index contributed by atoms with van der Waals surface area (Å²) in [6.45, 7) is 6.41. The molecule has 0 bridgehead atoms. The Hall–Kier alpha value is -3.40. The van der Waals surface area contributed by atoms with E-state index in [1.807, 2.05) is 19.9 Å². The maximum atomic E-state index is 13.8. The van der Waals surface area contributed by atoms with E-state index >= 15 is 0 Å². The molecule has 0 spiro atoms. The van der Waals surface area contributed by atoms with Crippen LogP contribution in [-0.4, -0.2) is 36.8 Å². The van der Waals surface area contributed by atoms with Crippen LogP contribution in [0.15, 0.2) is 36.5 Å². The van der Waals surface area contributed by atoms with E-state index in [2.05, 4.69) is 20.5 Å². The average Bonchev–Trinajstić information content (AvgIpc) is 3.34. The number of halogens is 4. The van der Waals surface area contributed by atoms with Gasteiger partial charge in [0.1, 0.15) is 0 Å². The highest BCUT2D eigenvalue weighted by Gasteiger charge is 2.35. The monoisotopic (exact) mass is 490 g/mol. The highest BCUT2D eigenvalue weighted by atomic mass is 35.5. The molecule has 1 N–H and O–H groups in total. The van der Waals surface area contributed by atoms with Crippen LogP contribution >= 0.6 is 11.6 Å². The molecule has 1 aromatic carbocycles. The van der Waals surface area contributed by atoms with E-state index in [-0.39, 0.29) is 23.6 Å². The Balaban J connectivity index is 1.56. The fourth-order valence-corrected chi connectivity index (χ4v) is 3.63. The van der Waals surface area contributed by atoms with Gasteiger partial charge in [0.15, 0.2) is 17.0 Å². The summed E-state index contributed by atoms with van der Waals surface area (Å²) in [7, 11) is 0. The normalized spacial score (nSPS) is 11.9. The van der Waals surface area contributed by atoms with Crippen LogP contribution in [0.4, 0.5) is 13.2 Å². The number of carbonyl (C=O) groups excluding carboxylic acids is 1. The predicted octanol–water partition coefficient (Wildman–Crippen LogP) is 5.01. The summed E-state index contributed by atoms with van der Waals surface area (Å²) in [6, 6.07) is 7.54. The summed E-state index contributed by atoms with van der Waals surface area (Å²) in [6.07, 6.45) is -2.43. The zero-order chi connectivity index (χ0) is 24.6. The van der Waals surface area contributed by atoms with Crippen LogP contribution in [-0.2, 0) is 12.7 Å². The van der Waals surface area contributed by atoms with Gasteiger partial charge >= 0.3 is 6.18 Å². The Bertz CT molecular complexity index is 1360. The Kier molecular flexibility index (Phi) is 6.35. The molecule has 178 valence electrons. The number of aryl methyl sites for hydroxylation is 4. The smallest absolute Gasteiger partial charge is 0.351 e. The summed E-state index contributed by atoms with van der Waals surface area (Å²) in [5.74, 6) is -0.582. The first-order valence-electron chi connectivity index (χ1n) is 10.6. The van der Waals surface area contributed by atoms with E-state index in [4.69, 9.17) is 11.6 Å². The van der Waals surface area contributed by atoms with Crippen molar-refractivity contribution in [1.82, 2.24) is 29.7 Å². The van der Waals surface area contributed by atoms with E-state index in [9.17, 15) is 18.0 Å². The lowest BCUT2D eigenvalue weighted by molar-refractivity contribution is -0.142. The van der Waals surface area contributed by atoms with Crippen molar-refractivity contribution in [2.75, 3.05) is 6.54 Å². The summed E-state index contributed by atoms with van der Waals surface area (Å²) < 4.78 is 43.7. The van der Waals surface area contributed by atoms with Gasteiger partial charge in [-0.05, 0) is 50.5 Å². The number of hydrogen-bond acceptors (Lipinski definition) is 4. The van der Waals surface area contributed by atoms with Crippen LogP contribution in [0.1, 0.15) is 39.4 Å². The second-order valence-electron chi connectivity index (χ2n) is 8.06. The molecule has 7 nitrogen and oxygen atoms in total. The minimum Gasteiger partial charge on any atom is -0.351 e. The van der Waals surface area contributed by atoms with Gasteiger partial charge in [0, 0.05) is 30.9 Å². The molecular weight excluding hydrogens is 469 g/mol. The number of nitrogens with zero attached hydrogens (tertiary/aromatic N) is 5. The third-order valence-corrected chi connectivity index (χ3v) is 5.86. The SMILES string of the molecule is Cc1ccc(-c2cc(C(F)(F)F)n3nc(C(=O)NCCCn4cc(Cl)c(C)n4)cc3n2)cc1C. The van der Waals surface area contributed by atoms with Crippen LogP contribution in [0.3, 0.4) is 0 Å². The predicted molar refractivity (Wildman–Crippen MR) is 122 cm³/mol. The lowest BCUT2D eigenvalue weighted by atomic mass is 10.0. The minimum absolute atomic E-state index is 0.0603. The van der Waals surface area contributed by atoms with Crippen molar-refractivity contribution < 1.29 is 18.0 Å². The molecule has 0 unspecified atom stereocenters. The fourth-order valence-electron chi connectivity index (χ4n) is 3.48. The molecule has 11 heteroatoms. The van der Waals surface area contributed by atoms with Crippen molar-refractivity contribution >= 4 is 23.2 Å². The quantitative estimate of drug-likeness (QED) is 0.385. The molecule has 34 heavy (non-hydrogen) atoms. The molecule has 4 rings (SSSR count). The van der Waals surface area contributed by atoms with E-state index in [0.717, 1.165) is 17.2 Å². The number of benzene rings is 1. The summed E-state index contributed by atoms with van der Waals surface area (Å²) in [4.78, 5) is 16.9. The molecule has 1 amide bonds. The van der Waals surface area contributed by atoms with Crippen molar-refractivity contribution in [2.24, 2.45) is 0 Å². The largest absolute Gasteiger partial charge is 0.433 e. The van der Waals surface area contributed by atoms with Gasteiger partial charge in [0.2, 0.25) is 0 Å². The van der Waals surface area contributed by atoms with Gasteiger partial charge in [-0.2, -0.15) is 23.4 Å². The van der Waals surface area contributed by atoms with Crippen molar-refractivity contribution in [3.05, 3.63) is 69.8 Å². The molecule has 0 atom stereocenters. The zero-order valence-corrected chi connectivity index (χ0v) is 19.5. The van der Waals surface area contributed by atoms with Crippen LogP contribution in [0.2, 0.25) is 5.02 Å². The Morgan fingerprint density at radius 2 is 1.85 bits per heavy atom. The second-order valence-corrected chi connectivity index (χ2v) is 8.47. The summed E-state index contributed by atoms with van der Waals surface area (Å²) in [5.41, 5.74) is 2.17. The molecule has 0 saturated carbocycles. The van der Waals surface area contributed by atoms with E-state index in [1.54, 1.807) is 29.9 Å². The van der Waals surface area contributed by atoms with Gasteiger partial charge in [-0.25, -0.2) is 9.50 Å². The molecule has 3 heterocycles. The van der Waals surface area contributed by atoms with Gasteiger partial charge in [0.25, 0.3) is 5.91 Å². The molecule has 0 radical (unpaired) electrons. The van der Waals surface area contributed by atoms with Crippen LogP contribution in [0.5, 0.6) is 0 Å². The molecule has 0 aliphatic rings. The highest BCUT2D eigenvalue weighted by Crippen LogP contribution is 2.32. The number of rotatable bonds is 6. The standard InChI is InChI=1S/C23H22ClF3N6O/c1-13-5-6-16(9-14(13)2)18-10-20(23(25,26)27)33-21(29-18)11-19(31-33)22(34)28-7-4-8-32-12-17(24)15(3)30-32/h5-6,9-12H,4,7-8H2,1-3H3,(H,28,34). The maximum Gasteiger partial charge on any atom is 0.433 e. The number of carbonyl (C=O) groups is 1. The van der Waals surface area contributed by atoms with Gasteiger partial charge in [-0.3, -0.25) is 9.48 Å². The number of aromatic nitrogens is 5.